The Bertz CT molecular complexity index is 455. The third-order valence-electron chi connectivity index (χ3n) is 2.80. The first kappa shape index (κ1) is 12.9. The van der Waals surface area contributed by atoms with E-state index in [4.69, 9.17) is 4.74 Å². The molecule has 0 aromatic carbocycles. The van der Waals surface area contributed by atoms with Crippen LogP contribution >= 0.6 is 0 Å². The van der Waals surface area contributed by atoms with Crippen molar-refractivity contribution in [1.29, 1.82) is 0 Å². The summed E-state index contributed by atoms with van der Waals surface area (Å²) in [5.74, 6) is 0. The molecule has 1 N–H and O–H groups in total. The molecule has 0 unspecified atom stereocenters. The molecule has 100 valence electrons. The van der Waals surface area contributed by atoms with Gasteiger partial charge in [0.2, 0.25) is 0 Å². The van der Waals surface area contributed by atoms with E-state index in [-0.39, 0.29) is 13.1 Å². The number of amides is 1. The SMILES string of the molecule is Cn1cc(C2(O)CN(C(=O)OC(C)(C)C)C2)cn1. The van der Waals surface area contributed by atoms with Crippen LogP contribution in [0.15, 0.2) is 12.4 Å². The van der Waals surface area contributed by atoms with E-state index in [1.54, 1.807) is 24.1 Å². The van der Waals surface area contributed by atoms with E-state index in [1.807, 2.05) is 20.8 Å². The molecule has 2 rings (SSSR count). The van der Waals surface area contributed by atoms with E-state index >= 15 is 0 Å². The molecule has 1 amide bonds. The lowest BCUT2D eigenvalue weighted by Gasteiger charge is -2.45. The van der Waals surface area contributed by atoms with Crippen molar-refractivity contribution in [3.05, 3.63) is 18.0 Å². The Morgan fingerprint density at radius 1 is 1.50 bits per heavy atom. The average Bonchev–Trinajstić information content (AvgIpc) is 2.57. The summed E-state index contributed by atoms with van der Waals surface area (Å²) in [4.78, 5) is 13.2. The van der Waals surface area contributed by atoms with Crippen LogP contribution in [0.4, 0.5) is 4.79 Å². The number of β-amino-alcohol motifs (C(OH)–C–C–N with tert-alkyl or cyclic N) is 1. The number of aromatic nitrogens is 2. The summed E-state index contributed by atoms with van der Waals surface area (Å²) < 4.78 is 6.86. The molecule has 1 aromatic heterocycles. The van der Waals surface area contributed by atoms with Gasteiger partial charge >= 0.3 is 6.09 Å². The topological polar surface area (TPSA) is 67.6 Å². The van der Waals surface area contributed by atoms with Crippen LogP contribution in [-0.4, -0.2) is 44.6 Å². The number of likely N-dealkylation sites (tertiary alicyclic amines) is 1. The molecule has 1 aliphatic heterocycles. The maximum atomic E-state index is 11.7. The van der Waals surface area contributed by atoms with Crippen molar-refractivity contribution >= 4 is 6.09 Å². The molecule has 0 aliphatic carbocycles. The fraction of sp³-hybridized carbons (Fsp3) is 0.667. The van der Waals surface area contributed by atoms with E-state index in [1.165, 1.54) is 4.90 Å². The molecule has 0 atom stereocenters. The van der Waals surface area contributed by atoms with Crippen LogP contribution in [0.3, 0.4) is 0 Å². The largest absolute Gasteiger partial charge is 0.444 e. The lowest BCUT2D eigenvalue weighted by Crippen LogP contribution is -2.61. The standard InChI is InChI=1S/C12H19N3O3/c1-11(2,3)18-10(16)15-7-12(17,8-15)9-5-13-14(4)6-9/h5-6,17H,7-8H2,1-4H3. The molecular weight excluding hydrogens is 234 g/mol. The van der Waals surface area contributed by atoms with E-state index < -0.39 is 17.3 Å². The second-order valence-electron chi connectivity index (χ2n) is 5.77. The van der Waals surface area contributed by atoms with E-state index in [9.17, 15) is 9.90 Å². The van der Waals surface area contributed by atoms with Crippen LogP contribution < -0.4 is 0 Å². The van der Waals surface area contributed by atoms with Crippen LogP contribution in [-0.2, 0) is 17.4 Å². The van der Waals surface area contributed by atoms with Crippen LogP contribution in [0, 0.1) is 0 Å². The predicted octanol–water partition coefficient (Wildman–Crippen LogP) is 0.858. The minimum absolute atomic E-state index is 0.244. The lowest BCUT2D eigenvalue weighted by molar-refractivity contribution is -0.103. The molecule has 1 saturated heterocycles. The summed E-state index contributed by atoms with van der Waals surface area (Å²) >= 11 is 0. The van der Waals surface area contributed by atoms with Crippen molar-refractivity contribution in [2.24, 2.45) is 7.05 Å². The van der Waals surface area contributed by atoms with Gasteiger partial charge in [-0.3, -0.25) is 4.68 Å². The monoisotopic (exact) mass is 253 g/mol. The van der Waals surface area contributed by atoms with Crippen molar-refractivity contribution in [3.63, 3.8) is 0 Å². The van der Waals surface area contributed by atoms with Crippen LogP contribution in [0.2, 0.25) is 0 Å². The van der Waals surface area contributed by atoms with Crippen LogP contribution in [0.5, 0.6) is 0 Å². The second-order valence-corrected chi connectivity index (χ2v) is 5.77. The lowest BCUT2D eigenvalue weighted by atomic mass is 9.89. The summed E-state index contributed by atoms with van der Waals surface area (Å²) in [5.41, 5.74) is -0.783. The van der Waals surface area contributed by atoms with Crippen LogP contribution in [0.1, 0.15) is 26.3 Å². The fourth-order valence-corrected chi connectivity index (χ4v) is 1.88. The van der Waals surface area contributed by atoms with Gasteiger partial charge in [0.15, 0.2) is 0 Å². The van der Waals surface area contributed by atoms with Gasteiger partial charge in [0.1, 0.15) is 11.2 Å². The maximum absolute atomic E-state index is 11.7. The first-order chi connectivity index (χ1) is 8.20. The van der Waals surface area contributed by atoms with Gasteiger partial charge in [-0.05, 0) is 20.8 Å². The van der Waals surface area contributed by atoms with Gasteiger partial charge in [0.05, 0.1) is 19.3 Å². The molecule has 2 heterocycles. The Labute approximate surface area is 106 Å². The van der Waals surface area contributed by atoms with Crippen LogP contribution in [0.25, 0.3) is 0 Å². The first-order valence-electron chi connectivity index (χ1n) is 5.89. The van der Waals surface area contributed by atoms with Gasteiger partial charge in [-0.1, -0.05) is 0 Å². The zero-order chi connectivity index (χ0) is 13.6. The molecule has 18 heavy (non-hydrogen) atoms. The van der Waals surface area contributed by atoms with Gasteiger partial charge in [-0.25, -0.2) is 4.79 Å². The highest BCUT2D eigenvalue weighted by molar-refractivity contribution is 5.69. The first-order valence-corrected chi connectivity index (χ1v) is 5.89. The molecule has 0 saturated carbocycles. The van der Waals surface area contributed by atoms with Crippen molar-refractivity contribution < 1.29 is 14.6 Å². The average molecular weight is 253 g/mol. The highest BCUT2D eigenvalue weighted by Gasteiger charge is 2.47. The highest BCUT2D eigenvalue weighted by atomic mass is 16.6. The third kappa shape index (κ3) is 2.48. The number of aryl methyl sites for hydroxylation is 1. The van der Waals surface area contributed by atoms with Crippen molar-refractivity contribution in [2.75, 3.05) is 13.1 Å². The van der Waals surface area contributed by atoms with Gasteiger partial charge in [-0.15, -0.1) is 0 Å². The number of hydrogen-bond donors (Lipinski definition) is 1. The Morgan fingerprint density at radius 2 is 2.11 bits per heavy atom. The number of aliphatic hydroxyl groups is 1. The summed E-state index contributed by atoms with van der Waals surface area (Å²) in [6.45, 7) is 5.94. The van der Waals surface area contributed by atoms with E-state index in [0.29, 0.717) is 0 Å². The van der Waals surface area contributed by atoms with E-state index in [0.717, 1.165) is 5.56 Å². The summed E-state index contributed by atoms with van der Waals surface area (Å²) in [5, 5.41) is 14.3. The normalized spacial score (nSPS) is 18.4. The van der Waals surface area contributed by atoms with E-state index in [2.05, 4.69) is 5.10 Å². The van der Waals surface area contributed by atoms with Gasteiger partial charge in [0, 0.05) is 18.8 Å². The zero-order valence-electron chi connectivity index (χ0n) is 11.2. The Kier molecular flexibility index (Phi) is 2.85. The number of carbonyl (C=O) groups is 1. The van der Waals surface area contributed by atoms with Gasteiger partial charge in [-0.2, -0.15) is 5.10 Å². The number of nitrogens with zero attached hydrogens (tertiary/aromatic N) is 3. The number of carbonyl (C=O) groups excluding carboxylic acids is 1. The van der Waals surface area contributed by atoms with Crippen molar-refractivity contribution in [1.82, 2.24) is 14.7 Å². The molecule has 1 aromatic rings. The number of ether oxygens (including phenoxy) is 1. The predicted molar refractivity (Wildman–Crippen MR) is 64.9 cm³/mol. The van der Waals surface area contributed by atoms with Gasteiger partial charge < -0.3 is 14.7 Å². The summed E-state index contributed by atoms with van der Waals surface area (Å²) in [7, 11) is 1.79. The van der Waals surface area contributed by atoms with Gasteiger partial charge in [0.25, 0.3) is 0 Å². The number of hydrogen-bond acceptors (Lipinski definition) is 4. The smallest absolute Gasteiger partial charge is 0.410 e. The Morgan fingerprint density at radius 3 is 2.56 bits per heavy atom. The molecule has 6 nitrogen and oxygen atoms in total. The van der Waals surface area contributed by atoms with Crippen molar-refractivity contribution in [2.45, 2.75) is 32.0 Å². The quantitative estimate of drug-likeness (QED) is 0.806. The molecule has 1 fully saturated rings. The minimum Gasteiger partial charge on any atom is -0.444 e. The summed E-state index contributed by atoms with van der Waals surface area (Å²) in [6, 6.07) is 0. The minimum atomic E-state index is -0.995. The fourth-order valence-electron chi connectivity index (χ4n) is 1.88. The number of rotatable bonds is 1. The Balaban J connectivity index is 1.95. The molecule has 0 radical (unpaired) electrons. The molecule has 0 spiro atoms. The Hall–Kier alpha value is -1.56. The molecule has 6 heteroatoms. The second kappa shape index (κ2) is 3.98. The summed E-state index contributed by atoms with van der Waals surface area (Å²) in [6.07, 6.45) is 2.98. The maximum Gasteiger partial charge on any atom is 0.410 e. The molecular formula is C12H19N3O3. The highest BCUT2D eigenvalue weighted by Crippen LogP contribution is 2.32. The van der Waals surface area contributed by atoms with Crippen molar-refractivity contribution in [3.8, 4) is 0 Å². The molecule has 0 bridgehead atoms. The molecule has 1 aliphatic rings. The zero-order valence-corrected chi connectivity index (χ0v) is 11.2. The third-order valence-corrected chi connectivity index (χ3v) is 2.80.